The van der Waals surface area contributed by atoms with Crippen LogP contribution in [0.3, 0.4) is 0 Å². The van der Waals surface area contributed by atoms with Gasteiger partial charge in [-0.3, -0.25) is 0 Å². The first-order chi connectivity index (χ1) is 11.3. The fraction of sp³-hybridized carbons (Fsp3) is 0.250. The Labute approximate surface area is 132 Å². The predicted octanol–water partition coefficient (Wildman–Crippen LogP) is 2.85. The summed E-state index contributed by atoms with van der Waals surface area (Å²) in [4.78, 5) is 2.15. The molecule has 7 heteroatoms. The summed E-state index contributed by atoms with van der Waals surface area (Å²) >= 11 is 0. The number of para-hydroxylation sites is 1. The molecular formula is C16H16N6O. The van der Waals surface area contributed by atoms with Crippen LogP contribution in [-0.4, -0.2) is 31.8 Å². The highest BCUT2D eigenvalue weighted by Gasteiger charge is 2.20. The lowest BCUT2D eigenvalue weighted by Crippen LogP contribution is -2.27. The van der Waals surface area contributed by atoms with Crippen molar-refractivity contribution in [2.75, 3.05) is 11.4 Å². The maximum Gasteiger partial charge on any atom is 0.200 e. The number of nitrogens with zero attached hydrogens (tertiary/aromatic N) is 6. The van der Waals surface area contributed by atoms with Gasteiger partial charge in [0, 0.05) is 11.9 Å². The normalized spacial score (nSPS) is 12.8. The maximum atomic E-state index is 5.99. The molecule has 0 amide bonds. The largest absolute Gasteiger partial charge is 0.459 e. The molecule has 0 aliphatic rings. The van der Waals surface area contributed by atoms with E-state index in [1.807, 2.05) is 30.3 Å². The summed E-state index contributed by atoms with van der Waals surface area (Å²) in [5, 5.41) is 16.9. The quantitative estimate of drug-likeness (QED) is 0.577. The molecule has 1 aromatic carbocycles. The van der Waals surface area contributed by atoms with Crippen molar-refractivity contribution in [2.45, 2.75) is 19.9 Å². The van der Waals surface area contributed by atoms with Crippen LogP contribution >= 0.6 is 0 Å². The summed E-state index contributed by atoms with van der Waals surface area (Å²) in [5.74, 6) is 1.71. The molecule has 4 aromatic rings. The van der Waals surface area contributed by atoms with Crippen molar-refractivity contribution >= 4 is 22.4 Å². The van der Waals surface area contributed by atoms with Crippen LogP contribution in [0.5, 0.6) is 0 Å². The monoisotopic (exact) mass is 308 g/mol. The summed E-state index contributed by atoms with van der Waals surface area (Å²) in [6.07, 6.45) is 0. The van der Waals surface area contributed by atoms with Crippen LogP contribution in [0.25, 0.3) is 16.6 Å². The van der Waals surface area contributed by atoms with Crippen molar-refractivity contribution in [1.29, 1.82) is 0 Å². The SMILES string of the molecule is CCN(c1ccc2nnnn2n1)[C@H](C)c1cc2ccccc2o1. The van der Waals surface area contributed by atoms with Gasteiger partial charge in [-0.05, 0) is 48.5 Å². The van der Waals surface area contributed by atoms with Gasteiger partial charge in [0.05, 0.1) is 6.04 Å². The molecule has 0 unspecified atom stereocenters. The third kappa shape index (κ3) is 2.30. The van der Waals surface area contributed by atoms with E-state index < -0.39 is 0 Å². The minimum atomic E-state index is 0.0498. The Kier molecular flexibility index (Phi) is 3.18. The molecule has 3 heterocycles. The number of hydrogen-bond acceptors (Lipinski definition) is 6. The third-order valence-corrected chi connectivity index (χ3v) is 4.01. The number of furan rings is 1. The van der Waals surface area contributed by atoms with E-state index in [1.165, 1.54) is 4.63 Å². The molecule has 0 bridgehead atoms. The average molecular weight is 308 g/mol. The number of rotatable bonds is 4. The van der Waals surface area contributed by atoms with Gasteiger partial charge in [0.15, 0.2) is 11.5 Å². The van der Waals surface area contributed by atoms with Gasteiger partial charge in [-0.25, -0.2) is 0 Å². The standard InChI is InChI=1S/C16H16N6O/c1-3-21(16-9-8-15-17-19-20-22(15)18-16)11(2)14-10-12-6-4-5-7-13(12)23-14/h4-11H,3H2,1-2H3/t11-/m1/s1. The lowest BCUT2D eigenvalue weighted by molar-refractivity contribution is 0.490. The Bertz CT molecular complexity index is 926. The molecule has 3 aromatic heterocycles. The second-order valence-electron chi connectivity index (χ2n) is 5.37. The number of hydrogen-bond donors (Lipinski definition) is 0. The Balaban J connectivity index is 1.72. The van der Waals surface area contributed by atoms with Crippen molar-refractivity contribution in [2.24, 2.45) is 0 Å². The van der Waals surface area contributed by atoms with E-state index in [4.69, 9.17) is 4.42 Å². The first-order valence-corrected chi connectivity index (χ1v) is 7.57. The zero-order valence-electron chi connectivity index (χ0n) is 12.9. The van der Waals surface area contributed by atoms with E-state index in [9.17, 15) is 0 Å². The molecule has 0 saturated heterocycles. The average Bonchev–Trinajstić information content (AvgIpc) is 3.21. The minimum Gasteiger partial charge on any atom is -0.459 e. The van der Waals surface area contributed by atoms with Gasteiger partial charge in [-0.2, -0.15) is 0 Å². The minimum absolute atomic E-state index is 0.0498. The van der Waals surface area contributed by atoms with Crippen LogP contribution in [0.4, 0.5) is 5.82 Å². The summed E-state index contributed by atoms with van der Waals surface area (Å²) < 4.78 is 7.42. The molecule has 116 valence electrons. The van der Waals surface area contributed by atoms with E-state index >= 15 is 0 Å². The van der Waals surface area contributed by atoms with Crippen molar-refractivity contribution in [3.05, 3.63) is 48.2 Å². The molecule has 0 fully saturated rings. The number of benzene rings is 1. The van der Waals surface area contributed by atoms with Crippen molar-refractivity contribution in [1.82, 2.24) is 25.3 Å². The third-order valence-electron chi connectivity index (χ3n) is 4.01. The van der Waals surface area contributed by atoms with Gasteiger partial charge in [0.1, 0.15) is 11.3 Å². The van der Waals surface area contributed by atoms with Crippen LogP contribution in [0, 0.1) is 0 Å². The fourth-order valence-corrected chi connectivity index (χ4v) is 2.79. The highest BCUT2D eigenvalue weighted by molar-refractivity contribution is 5.77. The molecule has 0 N–H and O–H groups in total. The van der Waals surface area contributed by atoms with Crippen molar-refractivity contribution < 1.29 is 4.42 Å². The molecule has 23 heavy (non-hydrogen) atoms. The molecular weight excluding hydrogens is 292 g/mol. The molecule has 0 radical (unpaired) electrons. The number of tetrazole rings is 1. The molecule has 0 aliphatic heterocycles. The smallest absolute Gasteiger partial charge is 0.200 e. The van der Waals surface area contributed by atoms with E-state index in [0.717, 1.165) is 29.1 Å². The summed E-state index contributed by atoms with van der Waals surface area (Å²) in [6, 6.07) is 13.9. The van der Waals surface area contributed by atoms with Crippen LogP contribution in [0.15, 0.2) is 46.9 Å². The van der Waals surface area contributed by atoms with Crippen LogP contribution in [-0.2, 0) is 0 Å². The Morgan fingerprint density at radius 2 is 2.09 bits per heavy atom. The molecule has 7 nitrogen and oxygen atoms in total. The van der Waals surface area contributed by atoms with Gasteiger partial charge in [0.2, 0.25) is 0 Å². The van der Waals surface area contributed by atoms with Gasteiger partial charge < -0.3 is 9.32 Å². The molecule has 0 aliphatic carbocycles. The maximum absolute atomic E-state index is 5.99. The zero-order chi connectivity index (χ0) is 15.8. The summed E-state index contributed by atoms with van der Waals surface area (Å²) in [5.41, 5.74) is 1.52. The highest BCUT2D eigenvalue weighted by Crippen LogP contribution is 2.29. The van der Waals surface area contributed by atoms with Gasteiger partial charge in [-0.15, -0.1) is 14.8 Å². The zero-order valence-corrected chi connectivity index (χ0v) is 12.9. The first-order valence-electron chi connectivity index (χ1n) is 7.57. The lowest BCUT2D eigenvalue weighted by Gasteiger charge is -2.27. The topological polar surface area (TPSA) is 72.4 Å². The van der Waals surface area contributed by atoms with Gasteiger partial charge in [-0.1, -0.05) is 18.2 Å². The van der Waals surface area contributed by atoms with Crippen molar-refractivity contribution in [3.63, 3.8) is 0 Å². The van der Waals surface area contributed by atoms with Gasteiger partial charge in [0.25, 0.3) is 0 Å². The van der Waals surface area contributed by atoms with Gasteiger partial charge >= 0.3 is 0 Å². The second-order valence-corrected chi connectivity index (χ2v) is 5.37. The number of fused-ring (bicyclic) bond motifs is 2. The van der Waals surface area contributed by atoms with Crippen LogP contribution in [0.1, 0.15) is 25.6 Å². The molecule has 0 saturated carbocycles. The van der Waals surface area contributed by atoms with E-state index in [1.54, 1.807) is 0 Å². The predicted molar refractivity (Wildman–Crippen MR) is 86.2 cm³/mol. The second kappa shape index (κ2) is 5.35. The summed E-state index contributed by atoms with van der Waals surface area (Å²) in [7, 11) is 0. The van der Waals surface area contributed by atoms with Crippen LogP contribution in [0.2, 0.25) is 0 Å². The lowest BCUT2D eigenvalue weighted by atomic mass is 10.2. The molecule has 0 spiro atoms. The van der Waals surface area contributed by atoms with E-state index in [-0.39, 0.29) is 6.04 Å². The summed E-state index contributed by atoms with van der Waals surface area (Å²) in [6.45, 7) is 4.98. The number of aromatic nitrogens is 5. The number of anilines is 1. The Hall–Kier alpha value is -2.96. The fourth-order valence-electron chi connectivity index (χ4n) is 2.79. The van der Waals surface area contributed by atoms with E-state index in [2.05, 4.69) is 51.5 Å². The van der Waals surface area contributed by atoms with E-state index in [0.29, 0.717) is 5.65 Å². The van der Waals surface area contributed by atoms with Crippen molar-refractivity contribution in [3.8, 4) is 0 Å². The van der Waals surface area contributed by atoms with Crippen LogP contribution < -0.4 is 4.90 Å². The Morgan fingerprint density at radius 1 is 1.22 bits per heavy atom. The first kappa shape index (κ1) is 13.7. The molecule has 1 atom stereocenters. The highest BCUT2D eigenvalue weighted by atomic mass is 16.3. The molecule has 4 rings (SSSR count). The Morgan fingerprint density at radius 3 is 2.91 bits per heavy atom.